The zero-order chi connectivity index (χ0) is 43.6. The molecule has 310 valence electrons. The van der Waals surface area contributed by atoms with Gasteiger partial charge in [-0.1, -0.05) is 150 Å². The summed E-state index contributed by atoms with van der Waals surface area (Å²) in [6, 6.07) is 50.1. The Kier molecular flexibility index (Phi) is 9.87. The lowest BCUT2D eigenvalue weighted by Crippen LogP contribution is -2.16. The number of aromatic nitrogens is 1. The molecule has 0 bridgehead atoms. The molecule has 10 rings (SSSR count). The highest BCUT2D eigenvalue weighted by Gasteiger charge is 2.37. The van der Waals surface area contributed by atoms with Crippen molar-refractivity contribution in [2.75, 3.05) is 4.90 Å². The summed E-state index contributed by atoms with van der Waals surface area (Å²) in [6.45, 7) is 20.0. The fourth-order valence-electron chi connectivity index (χ4n) is 10.9. The number of hydrogen-bond acceptors (Lipinski definition) is 1. The Morgan fingerprint density at radius 1 is 0.603 bits per heavy atom. The minimum Gasteiger partial charge on any atom is -0.313 e. The van der Waals surface area contributed by atoms with E-state index in [9.17, 15) is 0 Å². The number of fused-ring (bicyclic) bond motifs is 5. The molecular formula is C61H56N2. The van der Waals surface area contributed by atoms with Gasteiger partial charge in [0.15, 0.2) is 0 Å². The molecule has 7 aromatic rings. The summed E-state index contributed by atoms with van der Waals surface area (Å²) in [5, 5.41) is 1.32. The largest absolute Gasteiger partial charge is 0.313 e. The van der Waals surface area contributed by atoms with E-state index >= 15 is 0 Å². The van der Waals surface area contributed by atoms with Gasteiger partial charge in [-0.25, -0.2) is 0 Å². The molecule has 0 aliphatic heterocycles. The summed E-state index contributed by atoms with van der Waals surface area (Å²) in [5.74, 6) is 0. The molecule has 0 amide bonds. The Balaban J connectivity index is 1.02. The SMILES string of the molecule is C=CC1=C(/C=C\C)c2cc(N(c3ccc(-c4ccc(-n5c6c(c7ccccc75)C=CCC6)cc4)cc3)c3ccc(-c4ccc5c(c4)C(C)(C)C(/C=C\C)=C5C)cc3)ccc2C1(C)C. The summed E-state index contributed by atoms with van der Waals surface area (Å²) in [7, 11) is 0. The normalized spacial score (nSPS) is 16.0. The highest BCUT2D eigenvalue weighted by molar-refractivity contribution is 5.94. The van der Waals surface area contributed by atoms with Crippen LogP contribution in [-0.4, -0.2) is 4.57 Å². The number of hydrogen-bond donors (Lipinski definition) is 0. The van der Waals surface area contributed by atoms with Crippen molar-refractivity contribution in [2.45, 2.75) is 72.1 Å². The van der Waals surface area contributed by atoms with Gasteiger partial charge in [-0.15, -0.1) is 0 Å². The van der Waals surface area contributed by atoms with Crippen LogP contribution < -0.4 is 4.90 Å². The predicted molar refractivity (Wildman–Crippen MR) is 272 cm³/mol. The number of benzene rings is 6. The van der Waals surface area contributed by atoms with Crippen molar-refractivity contribution in [3.8, 4) is 27.9 Å². The second kappa shape index (κ2) is 15.5. The summed E-state index contributed by atoms with van der Waals surface area (Å²) in [5.41, 5.74) is 23.9. The predicted octanol–water partition coefficient (Wildman–Crippen LogP) is 16.8. The number of anilines is 3. The topological polar surface area (TPSA) is 8.17 Å². The maximum Gasteiger partial charge on any atom is 0.0537 e. The molecule has 0 atom stereocenters. The van der Waals surface area contributed by atoms with Crippen molar-refractivity contribution in [1.29, 1.82) is 0 Å². The van der Waals surface area contributed by atoms with Crippen LogP contribution in [0, 0.1) is 0 Å². The average Bonchev–Trinajstić information content (AvgIpc) is 3.82. The third kappa shape index (κ3) is 6.46. The second-order valence-electron chi connectivity index (χ2n) is 18.4. The van der Waals surface area contributed by atoms with Crippen LogP contribution in [0.3, 0.4) is 0 Å². The smallest absolute Gasteiger partial charge is 0.0537 e. The van der Waals surface area contributed by atoms with E-state index in [1.54, 1.807) is 0 Å². The molecule has 2 heteroatoms. The Morgan fingerprint density at radius 2 is 1.21 bits per heavy atom. The van der Waals surface area contributed by atoms with E-state index < -0.39 is 0 Å². The Hall–Kier alpha value is -6.90. The van der Waals surface area contributed by atoms with Crippen LogP contribution in [0.4, 0.5) is 17.1 Å². The van der Waals surface area contributed by atoms with Crippen molar-refractivity contribution < 1.29 is 0 Å². The van der Waals surface area contributed by atoms with E-state index in [1.165, 1.54) is 94.6 Å². The molecule has 0 saturated heterocycles. The Morgan fingerprint density at radius 3 is 1.87 bits per heavy atom. The fraction of sp³-hybridized carbons (Fsp3) is 0.180. The zero-order valence-corrected chi connectivity index (χ0v) is 37.8. The first kappa shape index (κ1) is 40.2. The van der Waals surface area contributed by atoms with Crippen LogP contribution in [0.25, 0.3) is 56.1 Å². The standard InChI is InChI=1S/C61H56N2/c1-9-16-50-53-39-48(35-37-56(53)60(5,6)54(50)11-3)62(46-31-26-43(27-32-46)44-28-36-49-40(4)55(17-10-2)61(7,8)57(49)38-44)45-29-22-41(23-30-45)42-24-33-47(34-25-42)63-58-20-14-12-18-51(58)52-19-13-15-21-59(52)63/h9-14,16-20,22-39H,3,15,21H2,1-2,4-8H3/b16-9-,17-10-. The molecule has 1 aromatic heterocycles. The van der Waals surface area contributed by atoms with Crippen LogP contribution in [0.2, 0.25) is 0 Å². The number of rotatable bonds is 9. The van der Waals surface area contributed by atoms with Gasteiger partial charge in [-0.2, -0.15) is 0 Å². The van der Waals surface area contributed by atoms with Crippen LogP contribution in [0.1, 0.15) is 88.4 Å². The molecule has 0 radical (unpaired) electrons. The van der Waals surface area contributed by atoms with Gasteiger partial charge < -0.3 is 9.47 Å². The molecule has 0 unspecified atom stereocenters. The Bertz CT molecular complexity index is 3110. The van der Waals surface area contributed by atoms with E-state index in [4.69, 9.17) is 0 Å². The maximum absolute atomic E-state index is 4.25. The van der Waals surface area contributed by atoms with Crippen LogP contribution in [0.15, 0.2) is 188 Å². The van der Waals surface area contributed by atoms with Crippen LogP contribution in [-0.2, 0) is 17.3 Å². The molecule has 2 nitrogen and oxygen atoms in total. The summed E-state index contributed by atoms with van der Waals surface area (Å²) in [4.78, 5) is 2.40. The highest BCUT2D eigenvalue weighted by Crippen LogP contribution is 2.51. The first-order valence-electron chi connectivity index (χ1n) is 22.6. The van der Waals surface area contributed by atoms with Gasteiger partial charge in [0, 0.05) is 50.2 Å². The molecule has 0 N–H and O–H groups in total. The number of para-hydroxylation sites is 1. The van der Waals surface area contributed by atoms with Gasteiger partial charge in [0.05, 0.1) is 5.52 Å². The molecule has 0 saturated carbocycles. The molecule has 3 aliphatic rings. The number of nitrogens with zero attached hydrogens (tertiary/aromatic N) is 2. The highest BCUT2D eigenvalue weighted by atomic mass is 15.1. The second-order valence-corrected chi connectivity index (χ2v) is 18.4. The maximum atomic E-state index is 4.25. The van der Waals surface area contributed by atoms with Crippen LogP contribution in [0.5, 0.6) is 0 Å². The summed E-state index contributed by atoms with van der Waals surface area (Å²) >= 11 is 0. The zero-order valence-electron chi connectivity index (χ0n) is 37.8. The fourth-order valence-corrected chi connectivity index (χ4v) is 10.9. The molecule has 6 aromatic carbocycles. The monoisotopic (exact) mass is 816 g/mol. The third-order valence-electron chi connectivity index (χ3n) is 14.1. The molecule has 0 fully saturated rings. The lowest BCUT2D eigenvalue weighted by atomic mass is 9.80. The van der Waals surface area contributed by atoms with Gasteiger partial charge in [0.1, 0.15) is 0 Å². The lowest BCUT2D eigenvalue weighted by Gasteiger charge is -2.28. The van der Waals surface area contributed by atoms with Crippen molar-refractivity contribution in [3.05, 3.63) is 221 Å². The van der Waals surface area contributed by atoms with Crippen LogP contribution >= 0.6 is 0 Å². The van der Waals surface area contributed by atoms with Crippen molar-refractivity contribution in [2.24, 2.45) is 0 Å². The van der Waals surface area contributed by atoms with Crippen molar-refractivity contribution >= 4 is 45.2 Å². The number of allylic oxidation sites excluding steroid dienone is 10. The van der Waals surface area contributed by atoms with E-state index in [0.29, 0.717) is 0 Å². The van der Waals surface area contributed by atoms with Gasteiger partial charge in [0.25, 0.3) is 0 Å². The van der Waals surface area contributed by atoms with E-state index in [1.807, 2.05) is 6.08 Å². The van der Waals surface area contributed by atoms with E-state index in [2.05, 4.69) is 234 Å². The van der Waals surface area contributed by atoms with Crippen molar-refractivity contribution in [1.82, 2.24) is 4.57 Å². The Labute approximate surface area is 374 Å². The summed E-state index contributed by atoms with van der Waals surface area (Å²) < 4.78 is 2.46. The van der Waals surface area contributed by atoms with Gasteiger partial charge >= 0.3 is 0 Å². The lowest BCUT2D eigenvalue weighted by molar-refractivity contribution is 0.654. The molecule has 3 aliphatic carbocycles. The van der Waals surface area contributed by atoms with E-state index in [-0.39, 0.29) is 10.8 Å². The van der Waals surface area contributed by atoms with Gasteiger partial charge in [-0.3, -0.25) is 0 Å². The van der Waals surface area contributed by atoms with Crippen molar-refractivity contribution in [3.63, 3.8) is 0 Å². The summed E-state index contributed by atoms with van der Waals surface area (Å²) in [6.07, 6.45) is 17.6. The first-order chi connectivity index (χ1) is 30.5. The molecular weight excluding hydrogens is 761 g/mol. The molecule has 0 spiro atoms. The molecule has 63 heavy (non-hydrogen) atoms. The average molecular weight is 817 g/mol. The third-order valence-corrected chi connectivity index (χ3v) is 14.1. The van der Waals surface area contributed by atoms with Gasteiger partial charge in [0.2, 0.25) is 0 Å². The van der Waals surface area contributed by atoms with E-state index in [0.717, 1.165) is 29.9 Å². The first-order valence-corrected chi connectivity index (χ1v) is 22.6. The van der Waals surface area contributed by atoms with Gasteiger partial charge in [-0.05, 0) is 161 Å². The minimum atomic E-state index is -0.134. The minimum absolute atomic E-state index is 0.0461. The molecule has 1 heterocycles. The quantitative estimate of drug-likeness (QED) is 0.141.